The van der Waals surface area contributed by atoms with Gasteiger partial charge in [-0.05, 0) is 18.2 Å². The lowest BCUT2D eigenvalue weighted by atomic mass is 10.0. The minimum Gasteiger partial charge on any atom is -0.497 e. The van der Waals surface area contributed by atoms with Gasteiger partial charge in [-0.2, -0.15) is 0 Å². The molecule has 3 nitrogen and oxygen atoms in total. The predicted octanol–water partition coefficient (Wildman–Crippen LogP) is 3.94. The summed E-state index contributed by atoms with van der Waals surface area (Å²) in [5.74, 6) is 2.12. The van der Waals surface area contributed by atoms with E-state index < -0.39 is 0 Å². The molecule has 0 fully saturated rings. The van der Waals surface area contributed by atoms with Crippen LogP contribution in [-0.4, -0.2) is 20.3 Å². The highest BCUT2D eigenvalue weighted by Crippen LogP contribution is 2.34. The molecule has 1 aliphatic rings. The van der Waals surface area contributed by atoms with Crippen molar-refractivity contribution >= 4 is 17.3 Å². The van der Waals surface area contributed by atoms with E-state index in [1.807, 2.05) is 36.4 Å². The van der Waals surface area contributed by atoms with Gasteiger partial charge in [0.15, 0.2) is 0 Å². The average molecular weight is 290 g/mol. The lowest BCUT2D eigenvalue weighted by Crippen LogP contribution is -2.14. The second kappa shape index (κ2) is 5.63. The van der Waals surface area contributed by atoms with Crippen molar-refractivity contribution in [1.29, 1.82) is 0 Å². The lowest BCUT2D eigenvalue weighted by Gasteiger charge is -2.13. The van der Waals surface area contributed by atoms with Crippen LogP contribution in [0.15, 0.2) is 42.5 Å². The summed E-state index contributed by atoms with van der Waals surface area (Å²) < 4.78 is 10.9. The molecule has 4 heteroatoms. The fraction of sp³-hybridized carbons (Fsp3) is 0.250. The normalized spacial score (nSPS) is 16.4. The standard InChI is InChI=1S/C16H16ClNO2/c1-19-12-6-7-14(17)15(8-12)18-9-11-10-20-16-5-3-2-4-13(11)16/h2-8,11,18H,9-10H2,1H3. The van der Waals surface area contributed by atoms with Gasteiger partial charge in [0, 0.05) is 24.1 Å². The number of anilines is 1. The molecule has 0 saturated carbocycles. The summed E-state index contributed by atoms with van der Waals surface area (Å²) in [6.07, 6.45) is 0. The first-order valence-corrected chi connectivity index (χ1v) is 6.95. The Morgan fingerprint density at radius 1 is 1.30 bits per heavy atom. The highest BCUT2D eigenvalue weighted by molar-refractivity contribution is 6.33. The van der Waals surface area contributed by atoms with Crippen LogP contribution in [-0.2, 0) is 0 Å². The zero-order valence-corrected chi connectivity index (χ0v) is 12.0. The molecule has 1 heterocycles. The van der Waals surface area contributed by atoms with Crippen LogP contribution in [0.1, 0.15) is 11.5 Å². The second-order valence-electron chi connectivity index (χ2n) is 4.77. The zero-order chi connectivity index (χ0) is 13.9. The van der Waals surface area contributed by atoms with Crippen LogP contribution in [0.5, 0.6) is 11.5 Å². The molecule has 0 saturated heterocycles. The summed E-state index contributed by atoms with van der Waals surface area (Å²) in [5.41, 5.74) is 2.13. The largest absolute Gasteiger partial charge is 0.497 e. The number of fused-ring (bicyclic) bond motifs is 1. The molecule has 2 aromatic rings. The molecule has 1 aliphatic heterocycles. The maximum absolute atomic E-state index is 6.19. The lowest BCUT2D eigenvalue weighted by molar-refractivity contribution is 0.334. The second-order valence-corrected chi connectivity index (χ2v) is 5.18. The smallest absolute Gasteiger partial charge is 0.122 e. The third kappa shape index (κ3) is 2.54. The Morgan fingerprint density at radius 2 is 2.15 bits per heavy atom. The van der Waals surface area contributed by atoms with Gasteiger partial charge in [-0.25, -0.2) is 0 Å². The first-order chi connectivity index (χ1) is 9.78. The zero-order valence-electron chi connectivity index (χ0n) is 11.2. The van der Waals surface area contributed by atoms with E-state index in [1.54, 1.807) is 7.11 Å². The maximum Gasteiger partial charge on any atom is 0.122 e. The van der Waals surface area contributed by atoms with Crippen LogP contribution in [0.3, 0.4) is 0 Å². The number of para-hydroxylation sites is 1. The van der Waals surface area contributed by atoms with Crippen LogP contribution in [0.2, 0.25) is 5.02 Å². The Labute approximate surface area is 123 Å². The van der Waals surface area contributed by atoms with Crippen molar-refractivity contribution in [2.75, 3.05) is 25.6 Å². The molecule has 1 N–H and O–H groups in total. The van der Waals surface area contributed by atoms with Gasteiger partial charge >= 0.3 is 0 Å². The molecule has 1 atom stereocenters. The number of nitrogens with one attached hydrogen (secondary N) is 1. The van der Waals surface area contributed by atoms with E-state index >= 15 is 0 Å². The minimum atomic E-state index is 0.341. The van der Waals surface area contributed by atoms with E-state index in [4.69, 9.17) is 21.1 Å². The molecule has 0 amide bonds. The molecular formula is C16H16ClNO2. The number of rotatable bonds is 4. The van der Waals surface area contributed by atoms with Crippen molar-refractivity contribution in [2.24, 2.45) is 0 Å². The van der Waals surface area contributed by atoms with Crippen LogP contribution < -0.4 is 14.8 Å². The first-order valence-electron chi connectivity index (χ1n) is 6.57. The van der Waals surface area contributed by atoms with Crippen molar-refractivity contribution in [3.8, 4) is 11.5 Å². The first kappa shape index (κ1) is 13.1. The molecule has 0 spiro atoms. The van der Waals surface area contributed by atoms with Gasteiger partial charge in [0.2, 0.25) is 0 Å². The Hall–Kier alpha value is -1.87. The number of methoxy groups -OCH3 is 1. The molecule has 0 aliphatic carbocycles. The highest BCUT2D eigenvalue weighted by Gasteiger charge is 2.23. The Kier molecular flexibility index (Phi) is 3.70. The molecule has 3 rings (SSSR count). The van der Waals surface area contributed by atoms with Crippen molar-refractivity contribution in [3.05, 3.63) is 53.1 Å². The number of hydrogen-bond acceptors (Lipinski definition) is 3. The summed E-state index contributed by atoms with van der Waals surface area (Å²) in [6.45, 7) is 1.48. The number of ether oxygens (including phenoxy) is 2. The van der Waals surface area contributed by atoms with Crippen molar-refractivity contribution in [2.45, 2.75) is 5.92 Å². The molecular weight excluding hydrogens is 274 g/mol. The van der Waals surface area contributed by atoms with Crippen molar-refractivity contribution in [3.63, 3.8) is 0 Å². The van der Waals surface area contributed by atoms with Gasteiger partial charge in [-0.1, -0.05) is 29.8 Å². The van der Waals surface area contributed by atoms with Gasteiger partial charge in [-0.15, -0.1) is 0 Å². The fourth-order valence-corrected chi connectivity index (χ4v) is 2.58. The molecule has 0 aromatic heterocycles. The number of hydrogen-bond donors (Lipinski definition) is 1. The third-order valence-electron chi connectivity index (χ3n) is 3.51. The highest BCUT2D eigenvalue weighted by atomic mass is 35.5. The molecule has 1 unspecified atom stereocenters. The van der Waals surface area contributed by atoms with E-state index in [0.29, 0.717) is 17.5 Å². The van der Waals surface area contributed by atoms with Crippen LogP contribution >= 0.6 is 11.6 Å². The molecule has 2 aromatic carbocycles. The molecule has 20 heavy (non-hydrogen) atoms. The van der Waals surface area contributed by atoms with Gasteiger partial charge < -0.3 is 14.8 Å². The average Bonchev–Trinajstić information content (AvgIpc) is 2.90. The van der Waals surface area contributed by atoms with Crippen LogP contribution in [0.4, 0.5) is 5.69 Å². The topological polar surface area (TPSA) is 30.5 Å². The van der Waals surface area contributed by atoms with Gasteiger partial charge in [0.25, 0.3) is 0 Å². The van der Waals surface area contributed by atoms with E-state index in [1.165, 1.54) is 5.56 Å². The van der Waals surface area contributed by atoms with Crippen molar-refractivity contribution < 1.29 is 9.47 Å². The predicted molar refractivity (Wildman–Crippen MR) is 81.2 cm³/mol. The minimum absolute atomic E-state index is 0.341. The summed E-state index contributed by atoms with van der Waals surface area (Å²) >= 11 is 6.19. The van der Waals surface area contributed by atoms with E-state index in [-0.39, 0.29) is 0 Å². The Bertz CT molecular complexity index is 615. The molecule has 0 radical (unpaired) electrons. The number of halogens is 1. The SMILES string of the molecule is COc1ccc(Cl)c(NCC2COc3ccccc32)c1. The van der Waals surface area contributed by atoms with Gasteiger partial charge in [0.05, 0.1) is 24.4 Å². The van der Waals surface area contributed by atoms with E-state index in [0.717, 1.165) is 23.7 Å². The summed E-state index contributed by atoms with van der Waals surface area (Å²) in [4.78, 5) is 0. The molecule has 104 valence electrons. The summed E-state index contributed by atoms with van der Waals surface area (Å²) in [5, 5.41) is 4.07. The summed E-state index contributed by atoms with van der Waals surface area (Å²) in [6, 6.07) is 13.7. The summed E-state index contributed by atoms with van der Waals surface area (Å²) in [7, 11) is 1.65. The van der Waals surface area contributed by atoms with Gasteiger partial charge in [-0.3, -0.25) is 0 Å². The van der Waals surface area contributed by atoms with Gasteiger partial charge in [0.1, 0.15) is 11.5 Å². The van der Waals surface area contributed by atoms with E-state index in [2.05, 4.69) is 11.4 Å². The monoisotopic (exact) mass is 289 g/mol. The van der Waals surface area contributed by atoms with E-state index in [9.17, 15) is 0 Å². The quantitative estimate of drug-likeness (QED) is 0.925. The van der Waals surface area contributed by atoms with Crippen LogP contribution in [0, 0.1) is 0 Å². The van der Waals surface area contributed by atoms with Crippen molar-refractivity contribution in [1.82, 2.24) is 0 Å². The fourth-order valence-electron chi connectivity index (χ4n) is 2.40. The Morgan fingerprint density at radius 3 is 3.00 bits per heavy atom. The maximum atomic E-state index is 6.19. The molecule has 0 bridgehead atoms. The van der Waals surface area contributed by atoms with Crippen LogP contribution in [0.25, 0.3) is 0 Å². The number of benzene rings is 2. The third-order valence-corrected chi connectivity index (χ3v) is 3.84. The Balaban J connectivity index is 1.72.